The summed E-state index contributed by atoms with van der Waals surface area (Å²) in [6.45, 7) is 4.23. The molecule has 0 atom stereocenters. The van der Waals surface area contributed by atoms with E-state index in [0.29, 0.717) is 26.3 Å². The maximum absolute atomic E-state index is 13.2. The van der Waals surface area contributed by atoms with Crippen molar-refractivity contribution in [3.63, 3.8) is 0 Å². The van der Waals surface area contributed by atoms with Crippen LogP contribution in [0.3, 0.4) is 0 Å². The summed E-state index contributed by atoms with van der Waals surface area (Å²) < 4.78 is 31.5. The van der Waals surface area contributed by atoms with Gasteiger partial charge in [0.2, 0.25) is 0 Å². The molecule has 0 bridgehead atoms. The number of amides is 2. The second kappa shape index (κ2) is 9.34. The number of nitrogens with one attached hydrogen (secondary N) is 2. The van der Waals surface area contributed by atoms with Gasteiger partial charge in [-0.15, -0.1) is 0 Å². The topological polar surface area (TPSA) is 83.6 Å². The molecule has 1 fully saturated rings. The van der Waals surface area contributed by atoms with Crippen molar-refractivity contribution in [3.05, 3.63) is 59.4 Å². The smallest absolute Gasteiger partial charge is 0.274 e. The van der Waals surface area contributed by atoms with Crippen LogP contribution >= 0.6 is 0 Å². The third kappa shape index (κ3) is 5.30. The van der Waals surface area contributed by atoms with Crippen LogP contribution in [-0.2, 0) is 4.74 Å². The molecule has 0 aliphatic carbocycles. The van der Waals surface area contributed by atoms with E-state index in [1.165, 1.54) is 24.4 Å². The molecule has 2 N–H and O–H groups in total. The molecule has 1 aromatic carbocycles. The SMILES string of the molecule is O=C(NCCN1CCOCC1)c1ccnc(C(=O)Nc2ccc(F)c(F)c2)c1. The van der Waals surface area contributed by atoms with Crippen LogP contribution in [0.25, 0.3) is 0 Å². The van der Waals surface area contributed by atoms with Gasteiger partial charge < -0.3 is 15.4 Å². The highest BCUT2D eigenvalue weighted by Crippen LogP contribution is 2.14. The van der Waals surface area contributed by atoms with Gasteiger partial charge in [0.05, 0.1) is 13.2 Å². The Morgan fingerprint density at radius 3 is 2.61 bits per heavy atom. The first-order chi connectivity index (χ1) is 13.5. The molecule has 2 aromatic rings. The highest BCUT2D eigenvalue weighted by Gasteiger charge is 2.14. The summed E-state index contributed by atoms with van der Waals surface area (Å²) >= 11 is 0. The number of nitrogens with zero attached hydrogens (tertiary/aromatic N) is 2. The monoisotopic (exact) mass is 390 g/mol. The number of ether oxygens (including phenoxy) is 1. The van der Waals surface area contributed by atoms with Gasteiger partial charge in [-0.05, 0) is 24.3 Å². The fourth-order valence-electron chi connectivity index (χ4n) is 2.72. The molecule has 1 aliphatic rings. The molecule has 0 saturated carbocycles. The van der Waals surface area contributed by atoms with Gasteiger partial charge in [-0.2, -0.15) is 0 Å². The number of hydrogen-bond acceptors (Lipinski definition) is 5. The first kappa shape index (κ1) is 19.8. The molecule has 1 aromatic heterocycles. The van der Waals surface area contributed by atoms with Crippen LogP contribution in [0, 0.1) is 11.6 Å². The summed E-state index contributed by atoms with van der Waals surface area (Å²) in [7, 11) is 0. The van der Waals surface area contributed by atoms with Crippen molar-refractivity contribution in [1.29, 1.82) is 0 Å². The first-order valence-electron chi connectivity index (χ1n) is 8.83. The molecule has 2 amide bonds. The molecule has 28 heavy (non-hydrogen) atoms. The minimum atomic E-state index is -1.07. The Morgan fingerprint density at radius 2 is 1.86 bits per heavy atom. The van der Waals surface area contributed by atoms with E-state index in [9.17, 15) is 18.4 Å². The molecule has 3 rings (SSSR count). The molecular formula is C19H20F2N4O3. The van der Waals surface area contributed by atoms with Crippen LogP contribution in [0.15, 0.2) is 36.5 Å². The first-order valence-corrected chi connectivity index (χ1v) is 8.83. The van der Waals surface area contributed by atoms with E-state index in [0.717, 1.165) is 25.2 Å². The lowest BCUT2D eigenvalue weighted by Crippen LogP contribution is -2.41. The van der Waals surface area contributed by atoms with Crippen LogP contribution in [0.4, 0.5) is 14.5 Å². The number of halogens is 2. The molecule has 0 unspecified atom stereocenters. The zero-order chi connectivity index (χ0) is 19.9. The Hall–Kier alpha value is -2.91. The highest BCUT2D eigenvalue weighted by atomic mass is 19.2. The van der Waals surface area contributed by atoms with Gasteiger partial charge in [0.1, 0.15) is 5.69 Å². The molecule has 0 radical (unpaired) electrons. The van der Waals surface area contributed by atoms with Crippen molar-refractivity contribution in [3.8, 4) is 0 Å². The largest absolute Gasteiger partial charge is 0.379 e. The Morgan fingerprint density at radius 1 is 1.07 bits per heavy atom. The van der Waals surface area contributed by atoms with Gasteiger partial charge >= 0.3 is 0 Å². The van der Waals surface area contributed by atoms with Crippen LogP contribution in [0.1, 0.15) is 20.8 Å². The van der Waals surface area contributed by atoms with Gasteiger partial charge in [0.25, 0.3) is 11.8 Å². The summed E-state index contributed by atoms with van der Waals surface area (Å²) in [5.41, 5.74) is 0.365. The van der Waals surface area contributed by atoms with Gasteiger partial charge in [-0.25, -0.2) is 8.78 Å². The molecule has 9 heteroatoms. The second-order valence-corrected chi connectivity index (χ2v) is 6.22. The summed E-state index contributed by atoms with van der Waals surface area (Å²) in [6.07, 6.45) is 1.34. The number of aromatic nitrogens is 1. The lowest BCUT2D eigenvalue weighted by molar-refractivity contribution is 0.0383. The van der Waals surface area contributed by atoms with E-state index in [4.69, 9.17) is 4.74 Å². The fraction of sp³-hybridized carbons (Fsp3) is 0.316. The molecular weight excluding hydrogens is 370 g/mol. The Labute approximate surface area is 160 Å². The molecule has 148 valence electrons. The summed E-state index contributed by atoms with van der Waals surface area (Å²) in [5.74, 6) is -3.03. The Balaban J connectivity index is 1.56. The van der Waals surface area contributed by atoms with Gasteiger partial charge in [0.15, 0.2) is 11.6 Å². The lowest BCUT2D eigenvalue weighted by Gasteiger charge is -2.26. The van der Waals surface area contributed by atoms with E-state index < -0.39 is 17.5 Å². The summed E-state index contributed by atoms with van der Waals surface area (Å²) in [6, 6.07) is 5.86. The van der Waals surface area contributed by atoms with Gasteiger partial charge in [-0.3, -0.25) is 19.5 Å². The van der Waals surface area contributed by atoms with Crippen molar-refractivity contribution in [2.75, 3.05) is 44.7 Å². The third-order valence-corrected chi connectivity index (χ3v) is 4.25. The average molecular weight is 390 g/mol. The molecule has 2 heterocycles. The zero-order valence-electron chi connectivity index (χ0n) is 15.1. The van der Waals surface area contributed by atoms with Crippen molar-refractivity contribution >= 4 is 17.5 Å². The van der Waals surface area contributed by atoms with E-state index in [-0.39, 0.29) is 22.9 Å². The number of pyridine rings is 1. The van der Waals surface area contributed by atoms with Crippen LogP contribution in [-0.4, -0.2) is 61.1 Å². The second-order valence-electron chi connectivity index (χ2n) is 6.22. The normalized spacial score (nSPS) is 14.5. The van der Waals surface area contributed by atoms with Crippen LogP contribution < -0.4 is 10.6 Å². The maximum Gasteiger partial charge on any atom is 0.274 e. The average Bonchev–Trinajstić information content (AvgIpc) is 2.71. The van der Waals surface area contributed by atoms with Crippen molar-refractivity contribution in [2.45, 2.75) is 0 Å². The minimum absolute atomic E-state index is 0.00874. The lowest BCUT2D eigenvalue weighted by atomic mass is 10.2. The van der Waals surface area contributed by atoms with Gasteiger partial charge in [0, 0.05) is 49.7 Å². The predicted octanol–water partition coefficient (Wildman–Crippen LogP) is 1.67. The fourth-order valence-corrected chi connectivity index (χ4v) is 2.72. The van der Waals surface area contributed by atoms with E-state index in [2.05, 4.69) is 20.5 Å². The highest BCUT2D eigenvalue weighted by molar-refractivity contribution is 6.04. The minimum Gasteiger partial charge on any atom is -0.379 e. The van der Waals surface area contributed by atoms with Crippen LogP contribution in [0.5, 0.6) is 0 Å². The summed E-state index contributed by atoms with van der Waals surface area (Å²) in [4.78, 5) is 30.7. The molecule has 1 saturated heterocycles. The molecule has 0 spiro atoms. The number of benzene rings is 1. The Bertz CT molecular complexity index is 857. The van der Waals surface area contributed by atoms with E-state index in [1.807, 2.05) is 0 Å². The van der Waals surface area contributed by atoms with E-state index in [1.54, 1.807) is 0 Å². The number of carbonyl (C=O) groups excluding carboxylic acids is 2. The van der Waals surface area contributed by atoms with E-state index >= 15 is 0 Å². The van der Waals surface area contributed by atoms with Crippen molar-refractivity contribution < 1.29 is 23.1 Å². The number of anilines is 1. The van der Waals surface area contributed by atoms with Crippen molar-refractivity contribution in [1.82, 2.24) is 15.2 Å². The predicted molar refractivity (Wildman–Crippen MR) is 98.1 cm³/mol. The Kier molecular flexibility index (Phi) is 6.62. The standard InChI is InChI=1S/C19H20F2N4O3/c20-15-2-1-14(12-16(15)21)24-19(27)17-11-13(3-4-22-17)18(26)23-5-6-25-7-9-28-10-8-25/h1-4,11-12H,5-10H2,(H,23,26)(H,24,27). The molecule has 1 aliphatic heterocycles. The number of morpholine rings is 1. The van der Waals surface area contributed by atoms with Crippen molar-refractivity contribution in [2.24, 2.45) is 0 Å². The zero-order valence-corrected chi connectivity index (χ0v) is 15.1. The third-order valence-electron chi connectivity index (χ3n) is 4.25. The van der Waals surface area contributed by atoms with Gasteiger partial charge in [-0.1, -0.05) is 0 Å². The maximum atomic E-state index is 13.2. The van der Waals surface area contributed by atoms with Crippen LogP contribution in [0.2, 0.25) is 0 Å². The summed E-state index contributed by atoms with van der Waals surface area (Å²) in [5, 5.41) is 5.22. The number of carbonyl (C=O) groups is 2. The number of hydrogen-bond donors (Lipinski definition) is 2. The molecule has 7 nitrogen and oxygen atoms in total. The number of rotatable bonds is 6. The quantitative estimate of drug-likeness (QED) is 0.784.